The van der Waals surface area contributed by atoms with E-state index in [1.807, 2.05) is 28.2 Å². The highest BCUT2D eigenvalue weighted by molar-refractivity contribution is 7.98. The Morgan fingerprint density at radius 1 is 1.11 bits per heavy atom. The Hall–Kier alpha value is -3.52. The summed E-state index contributed by atoms with van der Waals surface area (Å²) < 4.78 is 37.7. The minimum atomic E-state index is -2.11. The molecule has 0 radical (unpaired) electrons. The van der Waals surface area contributed by atoms with Gasteiger partial charge in [0.2, 0.25) is 16.5 Å². The van der Waals surface area contributed by atoms with Crippen molar-refractivity contribution in [3.05, 3.63) is 67.7 Å². The van der Waals surface area contributed by atoms with Crippen LogP contribution < -0.4 is 25.1 Å². The largest absolute Gasteiger partial charge is 0.492 e. The minimum absolute atomic E-state index is 0.00123. The van der Waals surface area contributed by atoms with Crippen LogP contribution in [0, 0.1) is 5.82 Å². The minimum Gasteiger partial charge on any atom is -0.492 e. The van der Waals surface area contributed by atoms with Gasteiger partial charge in [0.1, 0.15) is 11.3 Å². The average molecular weight is 695 g/mol. The number of piperazine rings is 1. The Bertz CT molecular complexity index is 1800. The molecule has 1 saturated carbocycles. The standard InChI is InChI=1S/C31H34Cl2FN5O6S/c1-16-12-37(13-17(2)38(16)15-26(41)36-46(44)18(3)40)28-25(34)10-22-27(30(28)45-4)39(21-7-8-21)14-23(29(22)42)31(43)35-11-19-5-6-20(32)9-24(19)33/h5-6,9-10,14,16-17,21H,7-8,11-13,15H2,1-4H3,(H,35,43)(H,36,41)/t16-,17+,46?. The first-order valence-electron chi connectivity index (χ1n) is 14.7. The number of nitrogens with one attached hydrogen (secondary N) is 2. The van der Waals surface area contributed by atoms with Crippen LogP contribution in [0.3, 0.4) is 0 Å². The van der Waals surface area contributed by atoms with Gasteiger partial charge in [-0.1, -0.05) is 29.3 Å². The zero-order valence-electron chi connectivity index (χ0n) is 25.7. The van der Waals surface area contributed by atoms with Crippen molar-refractivity contribution in [3.8, 4) is 5.75 Å². The molecule has 11 nitrogen and oxygen atoms in total. The lowest BCUT2D eigenvalue weighted by molar-refractivity contribution is -0.122. The van der Waals surface area contributed by atoms with Crippen LogP contribution in [0.25, 0.3) is 10.9 Å². The van der Waals surface area contributed by atoms with Crippen molar-refractivity contribution in [2.45, 2.75) is 58.3 Å². The highest BCUT2D eigenvalue weighted by atomic mass is 35.5. The molecule has 1 unspecified atom stereocenters. The summed E-state index contributed by atoms with van der Waals surface area (Å²) in [6.07, 6.45) is 3.15. The number of fused-ring (bicyclic) bond motifs is 1. The van der Waals surface area contributed by atoms with E-state index in [0.29, 0.717) is 34.2 Å². The van der Waals surface area contributed by atoms with Gasteiger partial charge in [-0.15, -0.1) is 0 Å². The molecule has 5 rings (SSSR count). The summed E-state index contributed by atoms with van der Waals surface area (Å²) >= 11 is 12.2. The van der Waals surface area contributed by atoms with E-state index in [0.717, 1.165) is 25.8 Å². The monoisotopic (exact) mass is 693 g/mol. The van der Waals surface area contributed by atoms with Gasteiger partial charge in [0.25, 0.3) is 5.91 Å². The van der Waals surface area contributed by atoms with Crippen molar-refractivity contribution < 1.29 is 27.7 Å². The Morgan fingerprint density at radius 3 is 2.37 bits per heavy atom. The quantitative estimate of drug-likeness (QED) is 0.363. The Morgan fingerprint density at radius 2 is 1.78 bits per heavy atom. The fourth-order valence-electron chi connectivity index (χ4n) is 5.89. The zero-order chi connectivity index (χ0) is 33.4. The first-order valence-corrected chi connectivity index (χ1v) is 16.6. The van der Waals surface area contributed by atoms with Crippen LogP contribution in [0.15, 0.2) is 35.3 Å². The number of nitrogens with zero attached hydrogens (tertiary/aromatic N) is 3. The van der Waals surface area contributed by atoms with Gasteiger partial charge in [0, 0.05) is 60.9 Å². The van der Waals surface area contributed by atoms with Gasteiger partial charge >= 0.3 is 0 Å². The molecule has 0 spiro atoms. The second kappa shape index (κ2) is 13.7. The third-order valence-electron chi connectivity index (χ3n) is 8.25. The molecule has 0 bridgehead atoms. The van der Waals surface area contributed by atoms with Gasteiger partial charge in [-0.2, -0.15) is 0 Å². The van der Waals surface area contributed by atoms with Crippen molar-refractivity contribution in [1.29, 1.82) is 0 Å². The van der Waals surface area contributed by atoms with E-state index in [-0.39, 0.29) is 53.6 Å². The molecule has 15 heteroatoms. The van der Waals surface area contributed by atoms with Crippen LogP contribution in [-0.4, -0.2) is 69.4 Å². The number of amides is 2. The van der Waals surface area contributed by atoms with Crippen LogP contribution in [0.2, 0.25) is 10.0 Å². The molecule has 2 N–H and O–H groups in total. The van der Waals surface area contributed by atoms with Crippen LogP contribution in [0.4, 0.5) is 10.1 Å². The highest BCUT2D eigenvalue weighted by Gasteiger charge is 2.36. The predicted molar refractivity (Wildman–Crippen MR) is 175 cm³/mol. The molecule has 246 valence electrons. The van der Waals surface area contributed by atoms with Crippen LogP contribution in [0.1, 0.15) is 55.6 Å². The van der Waals surface area contributed by atoms with E-state index in [4.69, 9.17) is 27.9 Å². The van der Waals surface area contributed by atoms with Crippen molar-refractivity contribution in [1.82, 2.24) is 19.5 Å². The van der Waals surface area contributed by atoms with Gasteiger partial charge in [-0.05, 0) is 50.5 Å². The van der Waals surface area contributed by atoms with E-state index in [9.17, 15) is 23.4 Å². The lowest BCUT2D eigenvalue weighted by Gasteiger charge is -2.45. The lowest BCUT2D eigenvalue weighted by atomic mass is 10.0. The second-order valence-electron chi connectivity index (χ2n) is 11.6. The highest BCUT2D eigenvalue weighted by Crippen LogP contribution is 2.44. The number of aromatic nitrogens is 1. The SMILES string of the molecule is COc1c(N2C[C@@H](C)N(CC(=O)NS(=O)C(C)=O)[C@@H](C)C2)c(F)cc2c(=O)c(C(=O)NCc3ccc(Cl)cc3Cl)cn(C3CC3)c12. The maximum atomic E-state index is 16.1. The fourth-order valence-corrected chi connectivity index (χ4v) is 6.78. The number of methoxy groups -OCH3 is 1. The van der Waals surface area contributed by atoms with Crippen LogP contribution in [-0.2, 0) is 27.1 Å². The van der Waals surface area contributed by atoms with E-state index in [1.54, 1.807) is 18.2 Å². The number of anilines is 1. The molecule has 1 saturated heterocycles. The second-order valence-corrected chi connectivity index (χ2v) is 13.8. The van der Waals surface area contributed by atoms with Crippen LogP contribution >= 0.6 is 23.2 Å². The Balaban J connectivity index is 1.46. The Labute approximate surface area is 277 Å². The van der Waals surface area contributed by atoms with Gasteiger partial charge in [-0.3, -0.25) is 28.8 Å². The van der Waals surface area contributed by atoms with Gasteiger partial charge < -0.3 is 19.5 Å². The van der Waals surface area contributed by atoms with E-state index in [2.05, 4.69) is 10.0 Å². The molecular weight excluding hydrogens is 660 g/mol. The van der Waals surface area contributed by atoms with Crippen molar-refractivity contribution >= 4 is 67.7 Å². The third-order valence-corrected chi connectivity index (χ3v) is 9.78. The Kier molecular flexibility index (Phi) is 10.1. The van der Waals surface area contributed by atoms with Crippen molar-refractivity contribution in [3.63, 3.8) is 0 Å². The summed E-state index contributed by atoms with van der Waals surface area (Å²) in [5.41, 5.74) is 0.445. The summed E-state index contributed by atoms with van der Waals surface area (Å²) in [6.45, 7) is 5.48. The summed E-state index contributed by atoms with van der Waals surface area (Å²) in [5, 5.41) is 2.94. The smallest absolute Gasteiger partial charge is 0.257 e. The molecule has 1 aromatic heterocycles. The number of halogens is 3. The topological polar surface area (TPSA) is 130 Å². The van der Waals surface area contributed by atoms with Gasteiger partial charge in [-0.25, -0.2) is 8.60 Å². The molecule has 2 heterocycles. The number of hydrogen-bond acceptors (Lipinski definition) is 8. The average Bonchev–Trinajstić information content (AvgIpc) is 3.83. The molecule has 46 heavy (non-hydrogen) atoms. The number of ether oxygens (including phenoxy) is 1. The molecule has 2 amide bonds. The maximum absolute atomic E-state index is 16.1. The number of pyridine rings is 1. The number of carbonyl (C=O) groups is 3. The van der Waals surface area contributed by atoms with E-state index in [1.165, 1.54) is 13.3 Å². The number of carbonyl (C=O) groups excluding carboxylic acids is 3. The maximum Gasteiger partial charge on any atom is 0.257 e. The molecule has 2 fully saturated rings. The molecular formula is C31H34Cl2FN5O6S. The molecule has 1 aliphatic carbocycles. The fraction of sp³-hybridized carbons (Fsp3) is 0.419. The summed E-state index contributed by atoms with van der Waals surface area (Å²) in [7, 11) is -0.695. The summed E-state index contributed by atoms with van der Waals surface area (Å²) in [5.74, 6) is -1.68. The number of benzene rings is 2. The molecule has 1 aliphatic heterocycles. The number of hydrogen-bond donors (Lipinski definition) is 2. The summed E-state index contributed by atoms with van der Waals surface area (Å²) in [6, 6.07) is 5.57. The first kappa shape index (κ1) is 33.8. The number of rotatable bonds is 8. The molecule has 3 aromatic rings. The lowest BCUT2D eigenvalue weighted by Crippen LogP contribution is -2.59. The van der Waals surface area contributed by atoms with E-state index < -0.39 is 39.2 Å². The van der Waals surface area contributed by atoms with E-state index >= 15 is 4.39 Å². The molecule has 3 atom stereocenters. The zero-order valence-corrected chi connectivity index (χ0v) is 28.0. The summed E-state index contributed by atoms with van der Waals surface area (Å²) in [4.78, 5) is 54.5. The third kappa shape index (κ3) is 6.92. The molecule has 2 aromatic carbocycles. The van der Waals surface area contributed by atoms with Crippen molar-refractivity contribution in [2.75, 3.05) is 31.6 Å². The van der Waals surface area contributed by atoms with Crippen molar-refractivity contribution in [2.24, 2.45) is 0 Å². The first-order chi connectivity index (χ1) is 21.8. The predicted octanol–water partition coefficient (Wildman–Crippen LogP) is 3.95. The molecule has 2 aliphatic rings. The van der Waals surface area contributed by atoms with Gasteiger partial charge in [0.15, 0.2) is 22.6 Å². The van der Waals surface area contributed by atoms with Crippen LogP contribution in [0.5, 0.6) is 5.75 Å². The normalized spacial score (nSPS) is 19.2. The van der Waals surface area contributed by atoms with Gasteiger partial charge in [0.05, 0.1) is 24.6 Å².